The van der Waals surface area contributed by atoms with Gasteiger partial charge in [-0.25, -0.2) is 4.68 Å². The molecule has 1 fully saturated rings. The molecule has 24 heavy (non-hydrogen) atoms. The van der Waals surface area contributed by atoms with Crippen molar-refractivity contribution in [3.8, 4) is 11.4 Å². The summed E-state index contributed by atoms with van der Waals surface area (Å²) in [5.74, 6) is 0.752. The van der Waals surface area contributed by atoms with Gasteiger partial charge >= 0.3 is 0 Å². The van der Waals surface area contributed by atoms with Crippen LogP contribution in [0.25, 0.3) is 16.6 Å². The van der Waals surface area contributed by atoms with Crippen molar-refractivity contribution in [1.29, 1.82) is 0 Å². The van der Waals surface area contributed by atoms with Crippen molar-refractivity contribution in [1.82, 2.24) is 14.7 Å². The molecular formula is C19H19N3O2. The lowest BCUT2D eigenvalue weighted by molar-refractivity contribution is -0.132. The molecule has 1 aliphatic heterocycles. The first-order chi connectivity index (χ1) is 11.8. The minimum Gasteiger partial charge on any atom is -0.483 e. The van der Waals surface area contributed by atoms with E-state index in [2.05, 4.69) is 5.10 Å². The minimum absolute atomic E-state index is 0.0555. The maximum atomic E-state index is 12.2. The molecule has 5 nitrogen and oxygen atoms in total. The van der Waals surface area contributed by atoms with Gasteiger partial charge in [0.05, 0.1) is 22.8 Å². The molecule has 1 saturated heterocycles. The highest BCUT2D eigenvalue weighted by Crippen LogP contribution is 2.27. The Kier molecular flexibility index (Phi) is 3.91. The number of carbonyl (C=O) groups is 1. The molecule has 0 bridgehead atoms. The summed E-state index contributed by atoms with van der Waals surface area (Å²) < 4.78 is 7.68. The van der Waals surface area contributed by atoms with Gasteiger partial charge in [0.15, 0.2) is 6.61 Å². The lowest BCUT2D eigenvalue weighted by atomic mass is 10.2. The maximum Gasteiger partial charge on any atom is 0.260 e. The zero-order valence-electron chi connectivity index (χ0n) is 13.4. The molecule has 4 rings (SSSR count). The topological polar surface area (TPSA) is 47.4 Å². The predicted octanol–water partition coefficient (Wildman–Crippen LogP) is 3.03. The van der Waals surface area contributed by atoms with E-state index in [-0.39, 0.29) is 12.5 Å². The Labute approximate surface area is 140 Å². The summed E-state index contributed by atoms with van der Waals surface area (Å²) in [6, 6.07) is 15.8. The van der Waals surface area contributed by atoms with Gasteiger partial charge in [0.25, 0.3) is 5.91 Å². The molecule has 1 aliphatic rings. The number of likely N-dealkylation sites (tertiary alicyclic amines) is 1. The van der Waals surface area contributed by atoms with Gasteiger partial charge in [-0.2, -0.15) is 5.10 Å². The highest BCUT2D eigenvalue weighted by molar-refractivity contribution is 5.87. The molecule has 2 aromatic carbocycles. The number of benzene rings is 2. The minimum atomic E-state index is 0.0555. The third kappa shape index (κ3) is 2.73. The molecule has 2 heterocycles. The van der Waals surface area contributed by atoms with E-state index in [4.69, 9.17) is 4.74 Å². The zero-order chi connectivity index (χ0) is 16.4. The number of nitrogens with zero attached hydrogens (tertiary/aromatic N) is 3. The van der Waals surface area contributed by atoms with Crippen molar-refractivity contribution >= 4 is 16.8 Å². The van der Waals surface area contributed by atoms with E-state index in [1.807, 2.05) is 58.1 Å². The van der Waals surface area contributed by atoms with Crippen LogP contribution in [0.5, 0.6) is 5.75 Å². The van der Waals surface area contributed by atoms with E-state index in [9.17, 15) is 4.79 Å². The van der Waals surface area contributed by atoms with Crippen molar-refractivity contribution < 1.29 is 9.53 Å². The normalized spacial score (nSPS) is 14.2. The summed E-state index contributed by atoms with van der Waals surface area (Å²) in [5.41, 5.74) is 1.96. The van der Waals surface area contributed by atoms with E-state index in [1.54, 1.807) is 6.20 Å². The van der Waals surface area contributed by atoms with Crippen LogP contribution in [0.2, 0.25) is 0 Å². The molecule has 5 heteroatoms. The zero-order valence-corrected chi connectivity index (χ0v) is 13.4. The van der Waals surface area contributed by atoms with Gasteiger partial charge in [0.1, 0.15) is 5.75 Å². The van der Waals surface area contributed by atoms with Crippen molar-refractivity contribution in [3.05, 3.63) is 54.7 Å². The third-order valence-corrected chi connectivity index (χ3v) is 4.38. The SMILES string of the molecule is O=C(COc1cccc2c1cnn2-c1ccccc1)N1CCCC1. The fraction of sp³-hybridized carbons (Fsp3) is 0.263. The second kappa shape index (κ2) is 6.35. The molecule has 0 N–H and O–H groups in total. The van der Waals surface area contributed by atoms with Crippen LogP contribution in [-0.4, -0.2) is 40.3 Å². The number of ether oxygens (including phenoxy) is 1. The van der Waals surface area contributed by atoms with E-state index in [0.717, 1.165) is 42.5 Å². The second-order valence-corrected chi connectivity index (χ2v) is 5.96. The maximum absolute atomic E-state index is 12.2. The summed E-state index contributed by atoms with van der Waals surface area (Å²) >= 11 is 0. The fourth-order valence-corrected chi connectivity index (χ4v) is 3.12. The van der Waals surface area contributed by atoms with E-state index < -0.39 is 0 Å². The first-order valence-corrected chi connectivity index (χ1v) is 8.26. The van der Waals surface area contributed by atoms with Crippen molar-refractivity contribution in [2.24, 2.45) is 0 Å². The number of hydrogen-bond acceptors (Lipinski definition) is 3. The lowest BCUT2D eigenvalue weighted by Crippen LogP contribution is -2.32. The van der Waals surface area contributed by atoms with Crippen LogP contribution in [-0.2, 0) is 4.79 Å². The summed E-state index contributed by atoms with van der Waals surface area (Å²) in [7, 11) is 0. The van der Waals surface area contributed by atoms with Gasteiger partial charge in [-0.3, -0.25) is 4.79 Å². The van der Waals surface area contributed by atoms with Crippen LogP contribution in [0.1, 0.15) is 12.8 Å². The Morgan fingerprint density at radius 1 is 1.04 bits per heavy atom. The number of amides is 1. The standard InChI is InChI=1S/C19H19N3O2/c23-19(21-11-4-5-12-21)14-24-18-10-6-9-17-16(18)13-20-22(17)15-7-2-1-3-8-15/h1-3,6-10,13H,4-5,11-12,14H2. The molecular weight excluding hydrogens is 302 g/mol. The molecule has 3 aromatic rings. The Balaban J connectivity index is 1.58. The predicted molar refractivity (Wildman–Crippen MR) is 92.4 cm³/mol. The van der Waals surface area contributed by atoms with Gasteiger partial charge < -0.3 is 9.64 Å². The first-order valence-electron chi connectivity index (χ1n) is 8.26. The molecule has 0 spiro atoms. The monoisotopic (exact) mass is 321 g/mol. The fourth-order valence-electron chi connectivity index (χ4n) is 3.12. The lowest BCUT2D eigenvalue weighted by Gasteiger charge is -2.15. The summed E-state index contributed by atoms with van der Waals surface area (Å²) in [5, 5.41) is 5.38. The molecule has 0 unspecified atom stereocenters. The molecule has 0 saturated carbocycles. The van der Waals surface area contributed by atoms with Crippen LogP contribution >= 0.6 is 0 Å². The summed E-state index contributed by atoms with van der Waals surface area (Å²) in [6.45, 7) is 1.77. The molecule has 122 valence electrons. The Hall–Kier alpha value is -2.82. The molecule has 0 atom stereocenters. The van der Waals surface area contributed by atoms with Gasteiger partial charge in [0, 0.05) is 13.1 Å². The van der Waals surface area contributed by atoms with Gasteiger partial charge in [0.2, 0.25) is 0 Å². The quantitative estimate of drug-likeness (QED) is 0.742. The first kappa shape index (κ1) is 14.8. The van der Waals surface area contributed by atoms with E-state index >= 15 is 0 Å². The molecule has 1 amide bonds. The smallest absolute Gasteiger partial charge is 0.260 e. The summed E-state index contributed by atoms with van der Waals surface area (Å²) in [6.07, 6.45) is 3.97. The highest BCUT2D eigenvalue weighted by atomic mass is 16.5. The molecule has 1 aromatic heterocycles. The van der Waals surface area contributed by atoms with Crippen molar-refractivity contribution in [2.45, 2.75) is 12.8 Å². The Morgan fingerprint density at radius 3 is 2.62 bits per heavy atom. The number of aromatic nitrogens is 2. The number of hydrogen-bond donors (Lipinski definition) is 0. The van der Waals surface area contributed by atoms with Gasteiger partial charge in [-0.1, -0.05) is 24.3 Å². The van der Waals surface area contributed by atoms with Crippen LogP contribution in [0.15, 0.2) is 54.7 Å². The summed E-state index contributed by atoms with van der Waals surface area (Å²) in [4.78, 5) is 14.0. The van der Waals surface area contributed by atoms with Crippen LogP contribution in [0, 0.1) is 0 Å². The average Bonchev–Trinajstić information content (AvgIpc) is 3.30. The number of para-hydroxylation sites is 1. The largest absolute Gasteiger partial charge is 0.483 e. The second-order valence-electron chi connectivity index (χ2n) is 5.96. The van der Waals surface area contributed by atoms with Crippen molar-refractivity contribution in [2.75, 3.05) is 19.7 Å². The van der Waals surface area contributed by atoms with E-state index in [0.29, 0.717) is 5.75 Å². The average molecular weight is 321 g/mol. The highest BCUT2D eigenvalue weighted by Gasteiger charge is 2.18. The van der Waals surface area contributed by atoms with E-state index in [1.165, 1.54) is 0 Å². The number of fused-ring (bicyclic) bond motifs is 1. The van der Waals surface area contributed by atoms with Crippen LogP contribution in [0.3, 0.4) is 0 Å². The van der Waals surface area contributed by atoms with Gasteiger partial charge in [-0.15, -0.1) is 0 Å². The Morgan fingerprint density at radius 2 is 1.83 bits per heavy atom. The van der Waals surface area contributed by atoms with Crippen molar-refractivity contribution in [3.63, 3.8) is 0 Å². The third-order valence-electron chi connectivity index (χ3n) is 4.38. The number of rotatable bonds is 4. The van der Waals surface area contributed by atoms with Gasteiger partial charge in [-0.05, 0) is 37.1 Å². The van der Waals surface area contributed by atoms with Crippen LogP contribution in [0.4, 0.5) is 0 Å². The molecule has 0 aliphatic carbocycles. The Bertz CT molecular complexity index is 851. The number of carbonyl (C=O) groups excluding carboxylic acids is 1. The molecule has 0 radical (unpaired) electrons. The van der Waals surface area contributed by atoms with Crippen LogP contribution < -0.4 is 4.74 Å².